The minimum Gasteiger partial charge on any atom is -0.462 e. The Labute approximate surface area is 219 Å². The molecule has 1 aliphatic heterocycles. The van der Waals surface area contributed by atoms with Gasteiger partial charge in [0.05, 0.1) is 17.1 Å². The van der Waals surface area contributed by atoms with Gasteiger partial charge in [0.2, 0.25) is 10.0 Å². The number of esters is 1. The molecule has 2 aromatic carbocycles. The Morgan fingerprint density at radius 1 is 1.09 bits per heavy atom. The van der Waals surface area contributed by atoms with Crippen LogP contribution in [-0.4, -0.2) is 61.5 Å². The number of thiophene rings is 1. The molecule has 3 aromatic rings. The second-order valence-electron chi connectivity index (χ2n) is 7.72. The lowest BCUT2D eigenvalue weighted by atomic mass is 10.1. The number of ether oxygens (including phenoxy) is 1. The van der Waals surface area contributed by atoms with Crippen molar-refractivity contribution in [3.8, 4) is 10.4 Å². The maximum Gasteiger partial charge on any atom is 0.341 e. The molecule has 0 bridgehead atoms. The van der Waals surface area contributed by atoms with Gasteiger partial charge in [-0.05, 0) is 55.0 Å². The summed E-state index contributed by atoms with van der Waals surface area (Å²) in [6, 6.07) is 17.7. The maximum atomic E-state index is 13.0. The largest absolute Gasteiger partial charge is 0.462 e. The van der Waals surface area contributed by atoms with Crippen molar-refractivity contribution in [2.24, 2.45) is 0 Å². The van der Waals surface area contributed by atoms with Crippen LogP contribution in [0.1, 0.15) is 17.3 Å². The minimum atomic E-state index is -3.61. The third-order valence-electron chi connectivity index (χ3n) is 5.48. The molecule has 1 aliphatic rings. The van der Waals surface area contributed by atoms with Crippen molar-refractivity contribution in [3.05, 3.63) is 71.2 Å². The number of carbonyl (C=O) groups excluding carboxylic acids is 1. The Kier molecular flexibility index (Phi) is 8.08. The van der Waals surface area contributed by atoms with Gasteiger partial charge >= 0.3 is 5.97 Å². The Bertz CT molecular complexity index is 1300. The van der Waals surface area contributed by atoms with Crippen LogP contribution in [0.3, 0.4) is 0 Å². The van der Waals surface area contributed by atoms with E-state index >= 15 is 0 Å². The van der Waals surface area contributed by atoms with E-state index in [-0.39, 0.29) is 24.6 Å². The zero-order valence-corrected chi connectivity index (χ0v) is 22.1. The van der Waals surface area contributed by atoms with Crippen molar-refractivity contribution in [2.45, 2.75) is 11.8 Å². The Balaban J connectivity index is 1.46. The molecule has 4 rings (SSSR count). The molecule has 1 N–H and O–H groups in total. The summed E-state index contributed by atoms with van der Waals surface area (Å²) < 4.78 is 32.6. The molecule has 0 unspecified atom stereocenters. The lowest BCUT2D eigenvalue weighted by Crippen LogP contribution is -2.51. The van der Waals surface area contributed by atoms with Crippen LogP contribution in [0.4, 0.5) is 5.00 Å². The molecule has 7 nitrogen and oxygen atoms in total. The number of nitrogens with zero attached hydrogens (tertiary/aromatic N) is 2. The summed E-state index contributed by atoms with van der Waals surface area (Å²) in [4.78, 5) is 15.6. The molecule has 0 aliphatic carbocycles. The predicted octanol–water partition coefficient (Wildman–Crippen LogP) is 4.95. The van der Waals surface area contributed by atoms with Gasteiger partial charge in [0.25, 0.3) is 0 Å². The molecule has 11 heteroatoms. The van der Waals surface area contributed by atoms with Gasteiger partial charge in [-0.2, -0.15) is 4.31 Å². The number of anilines is 1. The molecule has 1 fully saturated rings. The summed E-state index contributed by atoms with van der Waals surface area (Å²) in [6.07, 6.45) is 0. The highest BCUT2D eigenvalue weighted by Crippen LogP contribution is 2.36. The fourth-order valence-electron chi connectivity index (χ4n) is 3.65. The van der Waals surface area contributed by atoms with Crippen molar-refractivity contribution >= 4 is 61.3 Å². The number of rotatable bonds is 6. The van der Waals surface area contributed by atoms with Crippen LogP contribution in [0.2, 0.25) is 5.02 Å². The van der Waals surface area contributed by atoms with Crippen LogP contribution >= 0.6 is 35.2 Å². The summed E-state index contributed by atoms with van der Waals surface area (Å²) in [5.41, 5.74) is 1.41. The van der Waals surface area contributed by atoms with Gasteiger partial charge in [0.15, 0.2) is 5.11 Å². The first kappa shape index (κ1) is 25.6. The van der Waals surface area contributed by atoms with E-state index in [1.165, 1.54) is 27.8 Å². The van der Waals surface area contributed by atoms with E-state index in [0.717, 1.165) is 10.4 Å². The maximum absolute atomic E-state index is 13.0. The number of piperazine rings is 1. The van der Waals surface area contributed by atoms with Crippen LogP contribution in [0.15, 0.2) is 65.6 Å². The zero-order chi connectivity index (χ0) is 25.0. The number of carbonyl (C=O) groups is 1. The first-order valence-electron chi connectivity index (χ1n) is 11.0. The topological polar surface area (TPSA) is 79.0 Å². The average Bonchev–Trinajstić information content (AvgIpc) is 3.29. The number of benzene rings is 2. The SMILES string of the molecule is CCOC(=O)c1cc(-c2ccccc2)sc1NC(=S)N1CCN(S(=O)(=O)c2ccc(Cl)cc2)CC1. The van der Waals surface area contributed by atoms with E-state index in [4.69, 9.17) is 28.6 Å². The number of hydrogen-bond acceptors (Lipinski definition) is 6. The molecule has 0 atom stereocenters. The first-order valence-corrected chi connectivity index (χ1v) is 14.0. The number of thiocarbonyl (C=S) groups is 1. The van der Waals surface area contributed by atoms with E-state index in [0.29, 0.717) is 33.8 Å². The monoisotopic (exact) mass is 549 g/mol. The molecule has 0 spiro atoms. The number of halogens is 1. The summed E-state index contributed by atoms with van der Waals surface area (Å²) in [5.74, 6) is -0.421. The van der Waals surface area contributed by atoms with Gasteiger partial charge in [-0.15, -0.1) is 11.3 Å². The van der Waals surface area contributed by atoms with Crippen molar-refractivity contribution < 1.29 is 17.9 Å². The van der Waals surface area contributed by atoms with E-state index in [9.17, 15) is 13.2 Å². The van der Waals surface area contributed by atoms with Crippen molar-refractivity contribution in [1.82, 2.24) is 9.21 Å². The lowest BCUT2D eigenvalue weighted by Gasteiger charge is -2.35. The summed E-state index contributed by atoms with van der Waals surface area (Å²) in [5, 5.41) is 4.71. The summed E-state index contributed by atoms with van der Waals surface area (Å²) >= 11 is 12.9. The van der Waals surface area contributed by atoms with Crippen LogP contribution in [0, 0.1) is 0 Å². The smallest absolute Gasteiger partial charge is 0.341 e. The van der Waals surface area contributed by atoms with Crippen LogP contribution in [0.25, 0.3) is 10.4 Å². The van der Waals surface area contributed by atoms with Crippen molar-refractivity contribution in [2.75, 3.05) is 38.1 Å². The van der Waals surface area contributed by atoms with Crippen molar-refractivity contribution in [1.29, 1.82) is 0 Å². The lowest BCUT2D eigenvalue weighted by molar-refractivity contribution is 0.0528. The van der Waals surface area contributed by atoms with Gasteiger partial charge < -0.3 is 15.0 Å². The quantitative estimate of drug-likeness (QED) is 0.344. The number of hydrogen-bond donors (Lipinski definition) is 1. The van der Waals surface area contributed by atoms with E-state index in [1.807, 2.05) is 35.2 Å². The fraction of sp³-hybridized carbons (Fsp3) is 0.250. The Hall–Kier alpha value is -2.50. The van der Waals surface area contributed by atoms with Gasteiger partial charge in [-0.3, -0.25) is 0 Å². The van der Waals surface area contributed by atoms with Crippen LogP contribution in [-0.2, 0) is 14.8 Å². The van der Waals surface area contributed by atoms with E-state index < -0.39 is 16.0 Å². The van der Waals surface area contributed by atoms with Crippen LogP contribution < -0.4 is 5.32 Å². The predicted molar refractivity (Wildman–Crippen MR) is 144 cm³/mol. The highest BCUT2D eigenvalue weighted by Gasteiger charge is 2.30. The van der Waals surface area contributed by atoms with E-state index in [2.05, 4.69) is 5.32 Å². The normalized spacial score (nSPS) is 14.5. The second-order valence-corrected chi connectivity index (χ2v) is 11.5. The molecule has 0 amide bonds. The first-order chi connectivity index (χ1) is 16.8. The molecule has 0 radical (unpaired) electrons. The molecule has 0 saturated carbocycles. The molecule has 2 heterocycles. The third kappa shape index (κ3) is 5.84. The average molecular weight is 550 g/mol. The number of nitrogens with one attached hydrogen (secondary N) is 1. The molecular weight excluding hydrogens is 526 g/mol. The van der Waals surface area contributed by atoms with Crippen molar-refractivity contribution in [3.63, 3.8) is 0 Å². The molecule has 35 heavy (non-hydrogen) atoms. The highest BCUT2D eigenvalue weighted by molar-refractivity contribution is 7.89. The Morgan fingerprint density at radius 3 is 2.37 bits per heavy atom. The number of sulfonamides is 1. The molecule has 184 valence electrons. The summed E-state index contributed by atoms with van der Waals surface area (Å²) in [6.45, 7) is 3.45. The fourth-order valence-corrected chi connectivity index (χ4v) is 6.60. The van der Waals surface area contributed by atoms with Gasteiger partial charge in [0.1, 0.15) is 5.00 Å². The van der Waals surface area contributed by atoms with Gasteiger partial charge in [-0.1, -0.05) is 41.9 Å². The zero-order valence-electron chi connectivity index (χ0n) is 18.9. The summed E-state index contributed by atoms with van der Waals surface area (Å²) in [7, 11) is -3.61. The second kappa shape index (κ2) is 11.0. The van der Waals surface area contributed by atoms with E-state index in [1.54, 1.807) is 25.1 Å². The van der Waals surface area contributed by atoms with Gasteiger partial charge in [-0.25, -0.2) is 13.2 Å². The molecule has 1 aromatic heterocycles. The highest BCUT2D eigenvalue weighted by atomic mass is 35.5. The molecule has 1 saturated heterocycles. The Morgan fingerprint density at radius 2 is 1.74 bits per heavy atom. The standard InChI is InChI=1S/C24H24ClN3O4S3/c1-2-32-23(29)20-16-21(17-6-4-3-5-7-17)34-22(20)26-24(33)27-12-14-28(15-13-27)35(30,31)19-10-8-18(25)9-11-19/h3-11,16H,2,12-15H2,1H3,(H,26,33). The minimum absolute atomic E-state index is 0.210. The van der Waals surface area contributed by atoms with Crippen LogP contribution in [0.5, 0.6) is 0 Å². The third-order valence-corrected chi connectivity index (χ3v) is 9.11. The molecular formula is C24H24ClN3O4S3. The van der Waals surface area contributed by atoms with Gasteiger partial charge in [0, 0.05) is 36.1 Å².